The van der Waals surface area contributed by atoms with E-state index in [9.17, 15) is 0 Å². The molecule has 0 unspecified atom stereocenters. The molecule has 1 aliphatic carbocycles. The summed E-state index contributed by atoms with van der Waals surface area (Å²) in [5, 5.41) is 0.537. The van der Waals surface area contributed by atoms with Gasteiger partial charge in [0, 0.05) is 6.20 Å². The van der Waals surface area contributed by atoms with Gasteiger partial charge in [0.1, 0.15) is 5.15 Å². The van der Waals surface area contributed by atoms with Gasteiger partial charge in [0.25, 0.3) is 0 Å². The lowest BCUT2D eigenvalue weighted by atomic mass is 10.3. The molecule has 0 aromatic carbocycles. The first kappa shape index (κ1) is 9.94. The summed E-state index contributed by atoms with van der Waals surface area (Å²) in [7, 11) is 0. The lowest BCUT2D eigenvalue weighted by Gasteiger charge is -2.10. The van der Waals surface area contributed by atoms with E-state index in [-0.39, 0.29) is 0 Å². The molecule has 76 valence electrons. The highest BCUT2D eigenvalue weighted by molar-refractivity contribution is 6.29. The zero-order chi connectivity index (χ0) is 9.80. The van der Waals surface area contributed by atoms with Gasteiger partial charge in [0.05, 0.1) is 12.7 Å². The second-order valence-electron chi connectivity index (χ2n) is 3.71. The Morgan fingerprint density at radius 1 is 1.36 bits per heavy atom. The topological polar surface area (TPSA) is 22.1 Å². The Labute approximate surface area is 89.3 Å². The van der Waals surface area contributed by atoms with Crippen molar-refractivity contribution in [1.29, 1.82) is 0 Å². The quantitative estimate of drug-likeness (QED) is 0.717. The Kier molecular flexibility index (Phi) is 3.38. The molecule has 0 bridgehead atoms. The summed E-state index contributed by atoms with van der Waals surface area (Å²) in [6.07, 6.45) is 7.28. The van der Waals surface area contributed by atoms with Crippen molar-refractivity contribution in [3.63, 3.8) is 0 Å². The Hall–Kier alpha value is -0.600. The standard InChI is InChI=1S/C11H14ClNO/c12-11-6-5-9(7-13-11)8-14-10-3-1-2-4-10/h5-7,10H,1-4,8H2. The second-order valence-corrected chi connectivity index (χ2v) is 4.09. The summed E-state index contributed by atoms with van der Waals surface area (Å²) >= 11 is 5.69. The fraction of sp³-hybridized carbons (Fsp3) is 0.545. The lowest BCUT2D eigenvalue weighted by molar-refractivity contribution is 0.0455. The van der Waals surface area contributed by atoms with Crippen molar-refractivity contribution in [3.8, 4) is 0 Å². The Bertz CT molecular complexity index is 280. The van der Waals surface area contributed by atoms with E-state index in [4.69, 9.17) is 16.3 Å². The van der Waals surface area contributed by atoms with E-state index in [1.165, 1.54) is 25.7 Å². The molecular weight excluding hydrogens is 198 g/mol. The van der Waals surface area contributed by atoms with Gasteiger partial charge in [-0.05, 0) is 24.5 Å². The van der Waals surface area contributed by atoms with Gasteiger partial charge >= 0.3 is 0 Å². The van der Waals surface area contributed by atoms with Crippen molar-refractivity contribution in [3.05, 3.63) is 29.0 Å². The van der Waals surface area contributed by atoms with Crippen LogP contribution in [0.4, 0.5) is 0 Å². The van der Waals surface area contributed by atoms with Gasteiger partial charge in [-0.2, -0.15) is 0 Å². The van der Waals surface area contributed by atoms with E-state index in [1.54, 1.807) is 12.3 Å². The van der Waals surface area contributed by atoms with Crippen molar-refractivity contribution in [2.24, 2.45) is 0 Å². The third-order valence-corrected chi connectivity index (χ3v) is 2.80. The summed E-state index contributed by atoms with van der Waals surface area (Å²) in [5.41, 5.74) is 1.10. The molecule has 1 saturated carbocycles. The lowest BCUT2D eigenvalue weighted by Crippen LogP contribution is -2.07. The van der Waals surface area contributed by atoms with E-state index in [2.05, 4.69) is 4.98 Å². The van der Waals surface area contributed by atoms with E-state index in [0.29, 0.717) is 17.9 Å². The molecule has 1 aromatic rings. The molecule has 1 heterocycles. The molecule has 0 saturated heterocycles. The van der Waals surface area contributed by atoms with Gasteiger partial charge in [0.15, 0.2) is 0 Å². The molecule has 0 amide bonds. The van der Waals surface area contributed by atoms with Crippen molar-refractivity contribution < 1.29 is 4.74 Å². The average molecular weight is 212 g/mol. The summed E-state index contributed by atoms with van der Waals surface area (Å²) < 4.78 is 5.75. The van der Waals surface area contributed by atoms with E-state index in [1.807, 2.05) is 6.07 Å². The van der Waals surface area contributed by atoms with Gasteiger partial charge < -0.3 is 4.74 Å². The van der Waals surface area contributed by atoms with Gasteiger partial charge in [0.2, 0.25) is 0 Å². The molecule has 0 spiro atoms. The first-order chi connectivity index (χ1) is 6.84. The third kappa shape index (κ3) is 2.69. The summed E-state index contributed by atoms with van der Waals surface area (Å²) in [5.74, 6) is 0. The van der Waals surface area contributed by atoms with E-state index in [0.717, 1.165) is 5.56 Å². The minimum atomic E-state index is 0.464. The molecule has 3 heteroatoms. The van der Waals surface area contributed by atoms with Crippen LogP contribution >= 0.6 is 11.6 Å². The average Bonchev–Trinajstić information content (AvgIpc) is 2.70. The van der Waals surface area contributed by atoms with Crippen molar-refractivity contribution in [2.75, 3.05) is 0 Å². The smallest absolute Gasteiger partial charge is 0.129 e. The van der Waals surface area contributed by atoms with Crippen LogP contribution in [-0.4, -0.2) is 11.1 Å². The normalized spacial score (nSPS) is 17.5. The van der Waals surface area contributed by atoms with Crippen LogP contribution in [0.3, 0.4) is 0 Å². The predicted octanol–water partition coefficient (Wildman–Crippen LogP) is 3.19. The second kappa shape index (κ2) is 4.76. The molecule has 0 atom stereocenters. The zero-order valence-corrected chi connectivity index (χ0v) is 8.83. The van der Waals surface area contributed by atoms with Crippen LogP contribution in [0.1, 0.15) is 31.2 Å². The van der Waals surface area contributed by atoms with Crippen molar-refractivity contribution >= 4 is 11.6 Å². The van der Waals surface area contributed by atoms with Crippen LogP contribution in [0.2, 0.25) is 5.15 Å². The predicted molar refractivity (Wildman–Crippen MR) is 56.3 cm³/mol. The first-order valence-corrected chi connectivity index (χ1v) is 5.44. The van der Waals surface area contributed by atoms with Crippen molar-refractivity contribution in [2.45, 2.75) is 38.4 Å². The number of hydrogen-bond donors (Lipinski definition) is 0. The maximum atomic E-state index is 5.75. The Balaban J connectivity index is 1.82. The van der Waals surface area contributed by atoms with Crippen LogP contribution in [-0.2, 0) is 11.3 Å². The number of ether oxygens (including phenoxy) is 1. The minimum Gasteiger partial charge on any atom is -0.373 e. The number of aromatic nitrogens is 1. The molecule has 1 aromatic heterocycles. The number of halogens is 1. The molecular formula is C11H14ClNO. The highest BCUT2D eigenvalue weighted by Crippen LogP contribution is 2.22. The SMILES string of the molecule is Clc1ccc(COC2CCCC2)cn1. The highest BCUT2D eigenvalue weighted by Gasteiger charge is 2.14. The Morgan fingerprint density at radius 3 is 2.79 bits per heavy atom. The van der Waals surface area contributed by atoms with Crippen LogP contribution < -0.4 is 0 Å². The highest BCUT2D eigenvalue weighted by atomic mass is 35.5. The first-order valence-electron chi connectivity index (χ1n) is 5.06. The summed E-state index contributed by atoms with van der Waals surface area (Å²) in [4.78, 5) is 4.01. The molecule has 1 aliphatic rings. The van der Waals surface area contributed by atoms with Gasteiger partial charge in [-0.25, -0.2) is 4.98 Å². The third-order valence-electron chi connectivity index (χ3n) is 2.58. The molecule has 0 radical (unpaired) electrons. The fourth-order valence-electron chi connectivity index (χ4n) is 1.76. The van der Waals surface area contributed by atoms with E-state index >= 15 is 0 Å². The number of pyridine rings is 1. The minimum absolute atomic E-state index is 0.464. The van der Waals surface area contributed by atoms with Crippen LogP contribution in [0, 0.1) is 0 Å². The monoisotopic (exact) mass is 211 g/mol. The fourth-order valence-corrected chi connectivity index (χ4v) is 1.87. The summed E-state index contributed by atoms with van der Waals surface area (Å²) in [6, 6.07) is 3.76. The zero-order valence-electron chi connectivity index (χ0n) is 8.08. The van der Waals surface area contributed by atoms with Gasteiger partial charge in [-0.3, -0.25) is 0 Å². The maximum absolute atomic E-state index is 5.75. The molecule has 0 N–H and O–H groups in total. The van der Waals surface area contributed by atoms with Crippen LogP contribution in [0.25, 0.3) is 0 Å². The number of rotatable bonds is 3. The molecule has 1 fully saturated rings. The maximum Gasteiger partial charge on any atom is 0.129 e. The van der Waals surface area contributed by atoms with Crippen LogP contribution in [0.5, 0.6) is 0 Å². The van der Waals surface area contributed by atoms with E-state index < -0.39 is 0 Å². The number of nitrogens with zero attached hydrogens (tertiary/aromatic N) is 1. The largest absolute Gasteiger partial charge is 0.373 e. The molecule has 0 aliphatic heterocycles. The molecule has 14 heavy (non-hydrogen) atoms. The van der Waals surface area contributed by atoms with Crippen molar-refractivity contribution in [1.82, 2.24) is 4.98 Å². The summed E-state index contributed by atoms with van der Waals surface area (Å²) in [6.45, 7) is 0.662. The van der Waals surface area contributed by atoms with Crippen LogP contribution in [0.15, 0.2) is 18.3 Å². The number of hydrogen-bond acceptors (Lipinski definition) is 2. The van der Waals surface area contributed by atoms with Gasteiger partial charge in [-0.1, -0.05) is 30.5 Å². The molecule has 2 nitrogen and oxygen atoms in total. The van der Waals surface area contributed by atoms with Gasteiger partial charge in [-0.15, -0.1) is 0 Å². The molecule has 2 rings (SSSR count). The Morgan fingerprint density at radius 2 is 2.14 bits per heavy atom.